The highest BCUT2D eigenvalue weighted by molar-refractivity contribution is 5.92. The van der Waals surface area contributed by atoms with Crippen LogP contribution in [0.5, 0.6) is 5.75 Å². The van der Waals surface area contributed by atoms with E-state index in [2.05, 4.69) is 10.3 Å². The summed E-state index contributed by atoms with van der Waals surface area (Å²) in [4.78, 5) is 16.5. The number of amides is 1. The van der Waals surface area contributed by atoms with Crippen LogP contribution in [0.15, 0.2) is 42.7 Å². The Morgan fingerprint density at radius 1 is 1.22 bits per heavy atom. The topological polar surface area (TPSA) is 55.6 Å². The lowest BCUT2D eigenvalue weighted by atomic mass is 10.1. The number of hydrogen-bond acceptors (Lipinski definition) is 3. The maximum atomic E-state index is 12.1. The lowest BCUT2D eigenvalue weighted by molar-refractivity contribution is -0.118. The Balaban J connectivity index is 1.70. The average Bonchev–Trinajstić information content (AvgIpc) is 2.90. The van der Waals surface area contributed by atoms with E-state index in [9.17, 15) is 4.79 Å². The maximum absolute atomic E-state index is 12.1. The van der Waals surface area contributed by atoms with Crippen molar-refractivity contribution in [1.82, 2.24) is 9.38 Å². The van der Waals surface area contributed by atoms with Crippen LogP contribution in [0.2, 0.25) is 0 Å². The van der Waals surface area contributed by atoms with Crippen molar-refractivity contribution >= 4 is 17.2 Å². The summed E-state index contributed by atoms with van der Waals surface area (Å²) in [5.41, 5.74) is 4.63. The Bertz CT molecular complexity index is 868. The third-order valence-electron chi connectivity index (χ3n) is 3.80. The average molecular weight is 309 g/mol. The van der Waals surface area contributed by atoms with Crippen LogP contribution in [0.4, 0.5) is 5.69 Å². The van der Waals surface area contributed by atoms with E-state index in [1.54, 1.807) is 0 Å². The minimum atomic E-state index is -0.191. The van der Waals surface area contributed by atoms with Crippen molar-refractivity contribution in [2.75, 3.05) is 11.9 Å². The second-order valence-corrected chi connectivity index (χ2v) is 5.57. The molecule has 2 heterocycles. The van der Waals surface area contributed by atoms with Gasteiger partial charge in [-0.3, -0.25) is 4.79 Å². The number of imidazole rings is 1. The minimum Gasteiger partial charge on any atom is -0.480 e. The Kier molecular flexibility index (Phi) is 4.02. The number of aromatic nitrogens is 2. The molecule has 0 fully saturated rings. The normalized spacial score (nSPS) is 10.7. The lowest BCUT2D eigenvalue weighted by Crippen LogP contribution is -2.21. The van der Waals surface area contributed by atoms with Gasteiger partial charge in [0.05, 0.1) is 5.69 Å². The van der Waals surface area contributed by atoms with Crippen molar-refractivity contribution < 1.29 is 9.53 Å². The summed E-state index contributed by atoms with van der Waals surface area (Å²) in [6.45, 7) is 5.87. The molecule has 5 heteroatoms. The van der Waals surface area contributed by atoms with Gasteiger partial charge >= 0.3 is 0 Å². The van der Waals surface area contributed by atoms with Crippen molar-refractivity contribution in [3.05, 3.63) is 59.5 Å². The highest BCUT2D eigenvalue weighted by Crippen LogP contribution is 2.20. The Morgan fingerprint density at radius 2 is 2.04 bits per heavy atom. The van der Waals surface area contributed by atoms with Gasteiger partial charge < -0.3 is 14.5 Å². The van der Waals surface area contributed by atoms with Crippen LogP contribution in [0.25, 0.3) is 5.65 Å². The van der Waals surface area contributed by atoms with Gasteiger partial charge in [0.15, 0.2) is 18.0 Å². The molecule has 5 nitrogen and oxygen atoms in total. The van der Waals surface area contributed by atoms with Gasteiger partial charge in [-0.25, -0.2) is 4.98 Å². The second-order valence-electron chi connectivity index (χ2n) is 5.57. The summed E-state index contributed by atoms with van der Waals surface area (Å²) in [7, 11) is 0. The Morgan fingerprint density at radius 3 is 2.87 bits per heavy atom. The predicted octanol–water partition coefficient (Wildman–Crippen LogP) is 3.28. The van der Waals surface area contributed by atoms with E-state index >= 15 is 0 Å². The molecule has 0 saturated heterocycles. The number of hydrogen-bond donors (Lipinski definition) is 1. The van der Waals surface area contributed by atoms with Gasteiger partial charge in [-0.1, -0.05) is 12.1 Å². The predicted molar refractivity (Wildman–Crippen MR) is 90.0 cm³/mol. The van der Waals surface area contributed by atoms with E-state index in [0.717, 1.165) is 22.5 Å². The number of aryl methyl sites for hydroxylation is 2. The van der Waals surface area contributed by atoms with Crippen LogP contribution >= 0.6 is 0 Å². The fraction of sp³-hybridized carbons (Fsp3) is 0.222. The van der Waals surface area contributed by atoms with Crippen molar-refractivity contribution in [3.63, 3.8) is 0 Å². The van der Waals surface area contributed by atoms with Gasteiger partial charge in [0.25, 0.3) is 5.91 Å². The number of nitrogens with zero attached hydrogens (tertiary/aromatic N) is 2. The summed E-state index contributed by atoms with van der Waals surface area (Å²) in [5, 5.41) is 2.88. The largest absolute Gasteiger partial charge is 0.480 e. The van der Waals surface area contributed by atoms with Crippen LogP contribution in [0, 0.1) is 20.8 Å². The molecular weight excluding hydrogens is 290 g/mol. The summed E-state index contributed by atoms with van der Waals surface area (Å²) in [6.07, 6.45) is 3.82. The van der Waals surface area contributed by atoms with Gasteiger partial charge in [0, 0.05) is 18.1 Å². The molecule has 118 valence electrons. The van der Waals surface area contributed by atoms with E-state index in [1.165, 1.54) is 0 Å². The first-order valence-electron chi connectivity index (χ1n) is 7.48. The molecule has 1 amide bonds. The molecule has 2 aromatic heterocycles. The van der Waals surface area contributed by atoms with Crippen molar-refractivity contribution in [1.29, 1.82) is 0 Å². The number of carbonyl (C=O) groups excluding carboxylic acids is 1. The second kappa shape index (κ2) is 6.12. The van der Waals surface area contributed by atoms with E-state index < -0.39 is 0 Å². The standard InChI is InChI=1S/C18H19N3O2/c1-12-6-4-7-15(14(12)3)20-17(22)11-23-16-8-5-9-21-10-13(2)19-18(16)21/h4-10H,11H2,1-3H3,(H,20,22). The Hall–Kier alpha value is -2.82. The number of ether oxygens (including phenoxy) is 1. The molecule has 0 atom stereocenters. The molecule has 0 aliphatic rings. The Labute approximate surface area is 134 Å². The highest BCUT2D eigenvalue weighted by atomic mass is 16.5. The minimum absolute atomic E-state index is 0.0566. The van der Waals surface area contributed by atoms with Crippen molar-refractivity contribution in [2.45, 2.75) is 20.8 Å². The van der Waals surface area contributed by atoms with Crippen molar-refractivity contribution in [3.8, 4) is 5.75 Å². The maximum Gasteiger partial charge on any atom is 0.262 e. The number of anilines is 1. The van der Waals surface area contributed by atoms with Gasteiger partial charge in [0.1, 0.15) is 0 Å². The monoisotopic (exact) mass is 309 g/mol. The quantitative estimate of drug-likeness (QED) is 0.804. The third-order valence-corrected chi connectivity index (χ3v) is 3.80. The summed E-state index contributed by atoms with van der Waals surface area (Å²) >= 11 is 0. The van der Waals surface area contributed by atoms with Gasteiger partial charge in [0.2, 0.25) is 0 Å². The number of rotatable bonds is 4. The first kappa shape index (κ1) is 15.1. The molecule has 0 saturated carbocycles. The SMILES string of the molecule is Cc1cn2cccc(OCC(=O)Nc3cccc(C)c3C)c2n1. The van der Waals surface area contributed by atoms with Crippen LogP contribution in [-0.4, -0.2) is 21.9 Å². The molecule has 1 N–H and O–H groups in total. The van der Waals surface area contributed by atoms with Crippen molar-refractivity contribution in [2.24, 2.45) is 0 Å². The van der Waals surface area contributed by atoms with Crippen LogP contribution < -0.4 is 10.1 Å². The number of pyridine rings is 1. The van der Waals surface area contributed by atoms with Gasteiger partial charge in [-0.2, -0.15) is 0 Å². The number of benzene rings is 1. The van der Waals surface area contributed by atoms with E-state index in [-0.39, 0.29) is 12.5 Å². The molecule has 23 heavy (non-hydrogen) atoms. The molecule has 0 aliphatic carbocycles. The van der Waals surface area contributed by atoms with Crippen LogP contribution in [0.3, 0.4) is 0 Å². The zero-order valence-corrected chi connectivity index (χ0v) is 13.5. The summed E-state index contributed by atoms with van der Waals surface area (Å²) in [6, 6.07) is 9.51. The molecule has 3 aromatic rings. The fourth-order valence-corrected chi connectivity index (χ4v) is 2.44. The molecule has 3 rings (SSSR count). The number of carbonyl (C=O) groups is 1. The zero-order valence-electron chi connectivity index (χ0n) is 13.5. The first-order chi connectivity index (χ1) is 11.0. The van der Waals surface area contributed by atoms with Gasteiger partial charge in [-0.15, -0.1) is 0 Å². The molecule has 0 radical (unpaired) electrons. The number of nitrogens with one attached hydrogen (secondary N) is 1. The van der Waals surface area contributed by atoms with Crippen LogP contribution in [-0.2, 0) is 4.79 Å². The fourth-order valence-electron chi connectivity index (χ4n) is 2.44. The smallest absolute Gasteiger partial charge is 0.262 e. The summed E-state index contributed by atoms with van der Waals surface area (Å²) < 4.78 is 7.52. The number of fused-ring (bicyclic) bond motifs is 1. The molecular formula is C18H19N3O2. The van der Waals surface area contributed by atoms with E-state index in [0.29, 0.717) is 11.4 Å². The summed E-state index contributed by atoms with van der Waals surface area (Å²) in [5.74, 6) is 0.403. The highest BCUT2D eigenvalue weighted by Gasteiger charge is 2.10. The zero-order chi connectivity index (χ0) is 16.4. The van der Waals surface area contributed by atoms with E-state index in [1.807, 2.05) is 67.9 Å². The van der Waals surface area contributed by atoms with Gasteiger partial charge in [-0.05, 0) is 50.1 Å². The third kappa shape index (κ3) is 3.18. The molecule has 0 bridgehead atoms. The van der Waals surface area contributed by atoms with Crippen LogP contribution in [0.1, 0.15) is 16.8 Å². The molecule has 1 aromatic carbocycles. The molecule has 0 unspecified atom stereocenters. The van der Waals surface area contributed by atoms with E-state index in [4.69, 9.17) is 4.74 Å². The molecule has 0 spiro atoms. The first-order valence-corrected chi connectivity index (χ1v) is 7.48. The lowest BCUT2D eigenvalue weighted by Gasteiger charge is -2.11. The molecule has 0 aliphatic heterocycles.